The Morgan fingerprint density at radius 2 is 1.33 bits per heavy atom. The van der Waals surface area contributed by atoms with Crippen molar-refractivity contribution in [3.63, 3.8) is 0 Å². The van der Waals surface area contributed by atoms with Gasteiger partial charge in [0.15, 0.2) is 0 Å². The van der Waals surface area contributed by atoms with Gasteiger partial charge in [-0.2, -0.15) is 0 Å². The molecule has 0 radical (unpaired) electrons. The number of carbonyl (C=O) groups excluding carboxylic acids is 1. The molecule has 0 aromatic rings. The molecule has 0 aliphatic carbocycles. The highest BCUT2D eigenvalue weighted by Gasteiger charge is 2.05. The second-order valence-electron chi connectivity index (χ2n) is 6.49. The molecule has 24 heavy (non-hydrogen) atoms. The van der Waals surface area contributed by atoms with E-state index >= 15 is 0 Å². The molecule has 0 aliphatic heterocycles. The Morgan fingerprint density at radius 1 is 0.792 bits per heavy atom. The number of hydrogen-bond acceptors (Lipinski definition) is 1. The van der Waals surface area contributed by atoms with Crippen LogP contribution in [0.1, 0.15) is 104 Å². The molecule has 2 heteroatoms. The third-order valence-electron chi connectivity index (χ3n) is 4.33. The van der Waals surface area contributed by atoms with E-state index in [-0.39, 0.29) is 5.91 Å². The molecule has 0 unspecified atom stereocenters. The first-order valence-corrected chi connectivity index (χ1v) is 10.1. The van der Waals surface area contributed by atoms with Gasteiger partial charge in [-0.05, 0) is 52.4 Å². The van der Waals surface area contributed by atoms with Gasteiger partial charge in [-0.25, -0.2) is 4.99 Å². The second kappa shape index (κ2) is 18.2. The van der Waals surface area contributed by atoms with Gasteiger partial charge >= 0.3 is 0 Å². The molecule has 0 saturated carbocycles. The Hall–Kier alpha value is -1.18. The van der Waals surface area contributed by atoms with Gasteiger partial charge in [-0.1, -0.05) is 70.1 Å². The zero-order chi connectivity index (χ0) is 17.9. The number of carbonyl (C=O) groups is 1. The van der Waals surface area contributed by atoms with Crippen molar-refractivity contribution in [1.29, 1.82) is 0 Å². The Labute approximate surface area is 150 Å². The lowest BCUT2D eigenvalue weighted by atomic mass is 10.0. The molecule has 0 aliphatic rings. The van der Waals surface area contributed by atoms with Crippen LogP contribution in [-0.4, -0.2) is 12.1 Å². The van der Waals surface area contributed by atoms with Gasteiger partial charge in [0, 0.05) is 11.8 Å². The van der Waals surface area contributed by atoms with E-state index in [1.807, 2.05) is 13.0 Å². The van der Waals surface area contributed by atoms with Crippen LogP contribution in [0.5, 0.6) is 0 Å². The molecule has 138 valence electrons. The van der Waals surface area contributed by atoms with Crippen LogP contribution in [0.15, 0.2) is 28.8 Å². The Balaban J connectivity index is 3.44. The van der Waals surface area contributed by atoms with E-state index in [0.29, 0.717) is 0 Å². The van der Waals surface area contributed by atoms with Gasteiger partial charge in [0.2, 0.25) is 0 Å². The standard InChI is InChI=1S/C22H39NO/c1-4-7-8-9-10-11-12-13-14-15-16-17-18-19-20-21(5-2)22(24)23-6-3/h5-6,13-14H,4,7-12,15-20H2,1-3H3/b14-13-,21-5+,23-6?. The summed E-state index contributed by atoms with van der Waals surface area (Å²) in [5, 5.41) is 0. The molecule has 1 amide bonds. The van der Waals surface area contributed by atoms with E-state index in [9.17, 15) is 4.79 Å². The summed E-state index contributed by atoms with van der Waals surface area (Å²) in [6.07, 6.45) is 24.6. The fourth-order valence-electron chi connectivity index (χ4n) is 2.78. The maximum Gasteiger partial charge on any atom is 0.272 e. The van der Waals surface area contributed by atoms with Crippen molar-refractivity contribution in [2.75, 3.05) is 0 Å². The first-order valence-electron chi connectivity index (χ1n) is 10.1. The number of amides is 1. The van der Waals surface area contributed by atoms with Crippen molar-refractivity contribution in [2.24, 2.45) is 4.99 Å². The summed E-state index contributed by atoms with van der Waals surface area (Å²) >= 11 is 0. The summed E-state index contributed by atoms with van der Waals surface area (Å²) in [7, 11) is 0. The summed E-state index contributed by atoms with van der Waals surface area (Å²) < 4.78 is 0. The fraction of sp³-hybridized carbons (Fsp3) is 0.727. The fourth-order valence-corrected chi connectivity index (χ4v) is 2.78. The normalized spacial score (nSPS) is 12.5. The molecular formula is C22H39NO. The first kappa shape index (κ1) is 22.8. The van der Waals surface area contributed by atoms with E-state index in [1.165, 1.54) is 70.6 Å². The third-order valence-corrected chi connectivity index (χ3v) is 4.33. The quantitative estimate of drug-likeness (QED) is 0.135. The molecule has 2 nitrogen and oxygen atoms in total. The molecule has 0 rings (SSSR count). The van der Waals surface area contributed by atoms with Crippen molar-refractivity contribution < 1.29 is 4.79 Å². The maximum atomic E-state index is 11.7. The average molecular weight is 334 g/mol. The zero-order valence-corrected chi connectivity index (χ0v) is 16.4. The van der Waals surface area contributed by atoms with Crippen LogP contribution in [-0.2, 0) is 4.79 Å². The Bertz CT molecular complexity index is 379. The van der Waals surface area contributed by atoms with Crippen LogP contribution in [0.2, 0.25) is 0 Å². The van der Waals surface area contributed by atoms with Crippen LogP contribution in [0, 0.1) is 0 Å². The monoisotopic (exact) mass is 333 g/mol. The smallest absolute Gasteiger partial charge is 0.267 e. The lowest BCUT2D eigenvalue weighted by Gasteiger charge is -2.02. The molecule has 0 fully saturated rings. The SMILES string of the molecule is CC=NC(=O)/C(=C/C)CCCCCC/C=C\CCCCCCCC. The van der Waals surface area contributed by atoms with Gasteiger partial charge in [-0.3, -0.25) is 4.79 Å². The van der Waals surface area contributed by atoms with E-state index in [2.05, 4.69) is 24.1 Å². The number of allylic oxidation sites excluding steroid dienone is 3. The minimum atomic E-state index is -0.0716. The topological polar surface area (TPSA) is 29.4 Å². The third kappa shape index (κ3) is 14.4. The molecule has 0 aromatic carbocycles. The van der Waals surface area contributed by atoms with Crippen LogP contribution in [0.3, 0.4) is 0 Å². The van der Waals surface area contributed by atoms with Gasteiger partial charge in [0.05, 0.1) is 0 Å². The number of unbranched alkanes of at least 4 members (excludes halogenated alkanes) is 10. The molecule has 0 spiro atoms. The first-order chi connectivity index (χ1) is 11.8. The van der Waals surface area contributed by atoms with E-state index in [0.717, 1.165) is 18.4 Å². The van der Waals surface area contributed by atoms with Crippen LogP contribution >= 0.6 is 0 Å². The zero-order valence-electron chi connectivity index (χ0n) is 16.4. The van der Waals surface area contributed by atoms with Gasteiger partial charge in [-0.15, -0.1) is 0 Å². The summed E-state index contributed by atoms with van der Waals surface area (Å²) in [4.78, 5) is 15.5. The molecule has 0 atom stereocenters. The average Bonchev–Trinajstić information content (AvgIpc) is 2.58. The molecule has 0 bridgehead atoms. The van der Waals surface area contributed by atoms with Crippen molar-refractivity contribution in [3.05, 3.63) is 23.8 Å². The largest absolute Gasteiger partial charge is 0.272 e. The van der Waals surface area contributed by atoms with E-state index in [4.69, 9.17) is 0 Å². The Morgan fingerprint density at radius 3 is 1.88 bits per heavy atom. The minimum absolute atomic E-state index is 0.0716. The van der Waals surface area contributed by atoms with Crippen LogP contribution < -0.4 is 0 Å². The predicted molar refractivity (Wildman–Crippen MR) is 108 cm³/mol. The molecule has 0 saturated heterocycles. The summed E-state index contributed by atoms with van der Waals surface area (Å²) in [5.74, 6) is -0.0716. The lowest BCUT2D eigenvalue weighted by molar-refractivity contribution is -0.114. The van der Waals surface area contributed by atoms with Gasteiger partial charge in [0.1, 0.15) is 0 Å². The van der Waals surface area contributed by atoms with Crippen molar-refractivity contribution in [2.45, 2.75) is 104 Å². The number of nitrogens with zero attached hydrogens (tertiary/aromatic N) is 1. The summed E-state index contributed by atoms with van der Waals surface area (Å²) in [6, 6.07) is 0. The van der Waals surface area contributed by atoms with Gasteiger partial charge in [0.25, 0.3) is 5.91 Å². The minimum Gasteiger partial charge on any atom is -0.267 e. The van der Waals surface area contributed by atoms with Gasteiger partial charge < -0.3 is 0 Å². The number of hydrogen-bond donors (Lipinski definition) is 0. The number of aliphatic imine (C=N–C) groups is 1. The van der Waals surface area contributed by atoms with Crippen molar-refractivity contribution in [1.82, 2.24) is 0 Å². The predicted octanol–water partition coefficient (Wildman–Crippen LogP) is 7.20. The molecule has 0 aromatic heterocycles. The Kier molecular flexibility index (Phi) is 17.3. The molecular weight excluding hydrogens is 294 g/mol. The van der Waals surface area contributed by atoms with Crippen molar-refractivity contribution in [3.8, 4) is 0 Å². The van der Waals surface area contributed by atoms with Crippen LogP contribution in [0.4, 0.5) is 0 Å². The second-order valence-corrected chi connectivity index (χ2v) is 6.49. The molecule has 0 N–H and O–H groups in total. The highest BCUT2D eigenvalue weighted by molar-refractivity contribution is 5.97. The summed E-state index contributed by atoms with van der Waals surface area (Å²) in [6.45, 7) is 5.97. The van der Waals surface area contributed by atoms with E-state index in [1.54, 1.807) is 13.1 Å². The number of rotatable bonds is 15. The highest BCUT2D eigenvalue weighted by atomic mass is 16.1. The van der Waals surface area contributed by atoms with E-state index < -0.39 is 0 Å². The van der Waals surface area contributed by atoms with Crippen molar-refractivity contribution >= 4 is 12.1 Å². The molecule has 0 heterocycles. The van der Waals surface area contributed by atoms with Crippen LogP contribution in [0.25, 0.3) is 0 Å². The summed E-state index contributed by atoms with van der Waals surface area (Å²) in [5.41, 5.74) is 0.854. The lowest BCUT2D eigenvalue weighted by Crippen LogP contribution is -1.99. The maximum absolute atomic E-state index is 11.7. The highest BCUT2D eigenvalue weighted by Crippen LogP contribution is 2.13.